The zero-order valence-corrected chi connectivity index (χ0v) is 7.49. The van der Waals surface area contributed by atoms with Crippen LogP contribution in [0.1, 0.15) is 5.56 Å². The highest BCUT2D eigenvalue weighted by atomic mass is 16.6. The smallest absolute Gasteiger partial charge is 0.174 e. The van der Waals surface area contributed by atoms with E-state index in [-0.39, 0.29) is 5.60 Å². The molecule has 2 heteroatoms. The Bertz CT molecular complexity index is 493. The predicted molar refractivity (Wildman–Crippen MR) is 51.8 cm³/mol. The van der Waals surface area contributed by atoms with Crippen LogP contribution in [0.4, 0.5) is 0 Å². The van der Waals surface area contributed by atoms with Crippen molar-refractivity contribution in [1.29, 1.82) is 0 Å². The summed E-state index contributed by atoms with van der Waals surface area (Å²) in [6.07, 6.45) is 4.12. The summed E-state index contributed by atoms with van der Waals surface area (Å²) in [7, 11) is 0. The Hall–Kier alpha value is -1.54. The highest BCUT2D eigenvalue weighted by Gasteiger charge is 2.58. The molecule has 0 amide bonds. The third kappa shape index (κ3) is 0.601. The van der Waals surface area contributed by atoms with Crippen molar-refractivity contribution in [3.05, 3.63) is 47.7 Å². The minimum Gasteiger partial charge on any atom is -0.458 e. The molecule has 1 aromatic rings. The van der Waals surface area contributed by atoms with Crippen LogP contribution >= 0.6 is 0 Å². The van der Waals surface area contributed by atoms with Crippen molar-refractivity contribution in [3.8, 4) is 5.75 Å². The van der Waals surface area contributed by atoms with Crippen LogP contribution in [-0.4, -0.2) is 12.2 Å². The lowest BCUT2D eigenvalue weighted by molar-refractivity contribution is 0.293. The van der Waals surface area contributed by atoms with Crippen molar-refractivity contribution in [2.24, 2.45) is 0 Å². The number of hydrogen-bond donors (Lipinski definition) is 0. The monoisotopic (exact) mass is 184 g/mol. The lowest BCUT2D eigenvalue weighted by Gasteiger charge is -2.24. The summed E-state index contributed by atoms with van der Waals surface area (Å²) in [6, 6.07) is 8.10. The number of ether oxygens (including phenoxy) is 2. The lowest BCUT2D eigenvalue weighted by Crippen LogP contribution is -2.22. The van der Waals surface area contributed by atoms with Crippen molar-refractivity contribution < 1.29 is 9.47 Å². The van der Waals surface area contributed by atoms with E-state index in [0.29, 0.717) is 0 Å². The van der Waals surface area contributed by atoms with E-state index >= 15 is 0 Å². The van der Waals surface area contributed by atoms with Crippen molar-refractivity contribution in [2.75, 3.05) is 6.61 Å². The molecular formula is C12H8O2. The number of fused-ring (bicyclic) bond motifs is 2. The van der Waals surface area contributed by atoms with Crippen LogP contribution in [0.3, 0.4) is 0 Å². The third-order valence-corrected chi connectivity index (χ3v) is 3.06. The molecule has 1 unspecified atom stereocenters. The number of para-hydroxylation sites is 1. The molecule has 0 saturated carbocycles. The maximum Gasteiger partial charge on any atom is 0.174 e. The minimum atomic E-state index is -0.200. The Kier molecular flexibility index (Phi) is 0.946. The Labute approximate surface area is 81.5 Å². The van der Waals surface area contributed by atoms with Gasteiger partial charge in [-0.2, -0.15) is 0 Å². The summed E-state index contributed by atoms with van der Waals surface area (Å²) < 4.78 is 11.3. The molecule has 0 aromatic heterocycles. The molecular weight excluding hydrogens is 176 g/mol. The van der Waals surface area contributed by atoms with Gasteiger partial charge in [0.15, 0.2) is 5.60 Å². The average molecular weight is 184 g/mol. The van der Waals surface area contributed by atoms with Crippen LogP contribution < -0.4 is 4.74 Å². The van der Waals surface area contributed by atoms with Gasteiger partial charge in [0.1, 0.15) is 11.5 Å². The predicted octanol–water partition coefficient (Wildman–Crippen LogP) is 2.13. The van der Waals surface area contributed by atoms with Gasteiger partial charge in [0.05, 0.1) is 6.61 Å². The zero-order chi connectivity index (χ0) is 9.17. The Balaban J connectivity index is 2.03. The first-order valence-corrected chi connectivity index (χ1v) is 4.74. The maximum absolute atomic E-state index is 5.78. The molecule has 0 N–H and O–H groups in total. The van der Waals surface area contributed by atoms with Gasteiger partial charge in [0.2, 0.25) is 0 Å². The largest absolute Gasteiger partial charge is 0.458 e. The molecule has 1 atom stereocenters. The van der Waals surface area contributed by atoms with E-state index in [9.17, 15) is 0 Å². The number of rotatable bonds is 0. The van der Waals surface area contributed by atoms with Gasteiger partial charge in [-0.05, 0) is 12.1 Å². The maximum atomic E-state index is 5.78. The molecule has 14 heavy (non-hydrogen) atoms. The molecule has 0 radical (unpaired) electrons. The molecule has 1 saturated heterocycles. The first-order valence-electron chi connectivity index (χ1n) is 4.74. The van der Waals surface area contributed by atoms with Crippen LogP contribution in [0.5, 0.6) is 5.75 Å². The van der Waals surface area contributed by atoms with Gasteiger partial charge in [-0.3, -0.25) is 0 Å². The van der Waals surface area contributed by atoms with E-state index in [1.807, 2.05) is 24.3 Å². The molecule has 1 spiro atoms. The van der Waals surface area contributed by atoms with Gasteiger partial charge in [-0.1, -0.05) is 24.3 Å². The number of benzene rings is 1. The fourth-order valence-electron chi connectivity index (χ4n) is 2.25. The molecule has 1 fully saturated rings. The van der Waals surface area contributed by atoms with Crippen LogP contribution in [0.2, 0.25) is 0 Å². The molecule has 4 rings (SSSR count). The number of epoxide rings is 1. The summed E-state index contributed by atoms with van der Waals surface area (Å²) in [6.45, 7) is 0.763. The summed E-state index contributed by atoms with van der Waals surface area (Å²) in [4.78, 5) is 0. The van der Waals surface area contributed by atoms with E-state index < -0.39 is 0 Å². The zero-order valence-electron chi connectivity index (χ0n) is 7.49. The highest BCUT2D eigenvalue weighted by Crippen LogP contribution is 2.55. The van der Waals surface area contributed by atoms with Crippen LogP contribution in [-0.2, 0) is 4.74 Å². The normalized spacial score (nSPS) is 30.6. The second-order valence-electron chi connectivity index (χ2n) is 3.83. The standard InChI is InChI=1S/C12H8O2/c1-2-4-10-8(3-1)9-5-6-11(14-10)12(9)7-13-12/h1-6H,7H2. The Morgan fingerprint density at radius 3 is 2.86 bits per heavy atom. The fraction of sp³-hybridized carbons (Fsp3) is 0.167. The average Bonchev–Trinajstić information content (AvgIpc) is 2.92. The summed E-state index contributed by atoms with van der Waals surface area (Å²) in [5.74, 6) is 1.90. The van der Waals surface area contributed by atoms with Gasteiger partial charge < -0.3 is 9.47 Å². The summed E-state index contributed by atoms with van der Waals surface area (Å²) >= 11 is 0. The molecule has 1 aromatic carbocycles. The molecule has 2 bridgehead atoms. The van der Waals surface area contributed by atoms with Gasteiger partial charge in [-0.25, -0.2) is 0 Å². The first-order chi connectivity index (χ1) is 6.90. The van der Waals surface area contributed by atoms with Crippen LogP contribution in [0.15, 0.2) is 42.2 Å². The molecule has 2 aliphatic heterocycles. The van der Waals surface area contributed by atoms with Crippen molar-refractivity contribution in [2.45, 2.75) is 5.60 Å². The summed E-state index contributed by atoms with van der Waals surface area (Å²) in [5, 5.41) is 0. The van der Waals surface area contributed by atoms with E-state index in [1.165, 1.54) is 11.1 Å². The molecule has 3 aliphatic rings. The van der Waals surface area contributed by atoms with Crippen molar-refractivity contribution >= 4 is 5.57 Å². The quantitative estimate of drug-likeness (QED) is 0.576. The Morgan fingerprint density at radius 2 is 2.00 bits per heavy atom. The van der Waals surface area contributed by atoms with Crippen LogP contribution in [0, 0.1) is 0 Å². The molecule has 68 valence electrons. The van der Waals surface area contributed by atoms with E-state index in [1.54, 1.807) is 0 Å². The molecule has 2 heterocycles. The third-order valence-electron chi connectivity index (χ3n) is 3.06. The van der Waals surface area contributed by atoms with E-state index in [0.717, 1.165) is 18.1 Å². The minimum absolute atomic E-state index is 0.200. The second-order valence-corrected chi connectivity index (χ2v) is 3.83. The van der Waals surface area contributed by atoms with Crippen molar-refractivity contribution in [3.63, 3.8) is 0 Å². The van der Waals surface area contributed by atoms with E-state index in [4.69, 9.17) is 9.47 Å². The topological polar surface area (TPSA) is 21.8 Å². The summed E-state index contributed by atoms with van der Waals surface area (Å²) in [5.41, 5.74) is 2.23. The SMILES string of the molecule is C1=C2Oc3ccccc3C(=C1)C21CO1. The fourth-order valence-corrected chi connectivity index (χ4v) is 2.25. The molecule has 2 nitrogen and oxygen atoms in total. The lowest BCUT2D eigenvalue weighted by atomic mass is 9.92. The number of allylic oxidation sites excluding steroid dienone is 2. The molecule has 1 aliphatic carbocycles. The Morgan fingerprint density at radius 1 is 1.14 bits per heavy atom. The highest BCUT2D eigenvalue weighted by molar-refractivity contribution is 5.87. The van der Waals surface area contributed by atoms with Gasteiger partial charge in [0, 0.05) is 11.1 Å². The second kappa shape index (κ2) is 1.93. The first kappa shape index (κ1) is 6.85. The van der Waals surface area contributed by atoms with Crippen LogP contribution in [0.25, 0.3) is 5.57 Å². The van der Waals surface area contributed by atoms with Gasteiger partial charge in [-0.15, -0.1) is 0 Å². The van der Waals surface area contributed by atoms with E-state index in [2.05, 4.69) is 12.1 Å². The van der Waals surface area contributed by atoms with Crippen molar-refractivity contribution in [1.82, 2.24) is 0 Å². The number of hydrogen-bond acceptors (Lipinski definition) is 2. The van der Waals surface area contributed by atoms with Gasteiger partial charge >= 0.3 is 0 Å². The van der Waals surface area contributed by atoms with Gasteiger partial charge in [0.25, 0.3) is 0 Å².